The highest BCUT2D eigenvalue weighted by Gasteiger charge is 2.34. The standard InChI is InChI=1S/C20H24N4S/c1-23-12-14(22-20(25)24-7-2-3-8-24)10-16-15-5-4-6-17-19(15)13(11-21-17)9-18(16)23/h4-6,10-11,14,18,21H,2-3,7-9,12H2,1H3,(H,22,25)/t14-,18+/m0/s1. The lowest BCUT2D eigenvalue weighted by molar-refractivity contribution is 0.260. The molecule has 1 aromatic carbocycles. The highest BCUT2D eigenvalue weighted by Crippen LogP contribution is 2.39. The van der Waals surface area contributed by atoms with Crippen molar-refractivity contribution in [2.75, 3.05) is 26.7 Å². The number of nitrogens with zero attached hydrogens (tertiary/aromatic N) is 2. The molecule has 130 valence electrons. The van der Waals surface area contributed by atoms with Gasteiger partial charge < -0.3 is 15.2 Å². The van der Waals surface area contributed by atoms with E-state index in [1.165, 1.54) is 40.4 Å². The van der Waals surface area contributed by atoms with Crippen molar-refractivity contribution in [3.8, 4) is 0 Å². The lowest BCUT2D eigenvalue weighted by atomic mass is 9.81. The van der Waals surface area contributed by atoms with E-state index in [0.29, 0.717) is 6.04 Å². The molecular weight excluding hydrogens is 328 g/mol. The zero-order valence-corrected chi connectivity index (χ0v) is 15.4. The van der Waals surface area contributed by atoms with E-state index >= 15 is 0 Å². The number of rotatable bonds is 1. The molecule has 1 saturated heterocycles. The van der Waals surface area contributed by atoms with Gasteiger partial charge in [0, 0.05) is 42.8 Å². The molecule has 0 amide bonds. The molecule has 0 saturated carbocycles. The second-order valence-corrected chi connectivity index (χ2v) is 7.96. The van der Waals surface area contributed by atoms with Gasteiger partial charge in [-0.05, 0) is 61.3 Å². The number of aromatic nitrogens is 1. The van der Waals surface area contributed by atoms with Gasteiger partial charge in [0.1, 0.15) is 0 Å². The van der Waals surface area contributed by atoms with Gasteiger partial charge in [0.25, 0.3) is 0 Å². The molecule has 3 aliphatic rings. The SMILES string of the molecule is CN1C[C@@H](NC(=S)N2CCCC2)C=C2c3cccc4[nH]cc(c34)C[C@H]21. The maximum absolute atomic E-state index is 5.66. The molecule has 1 aliphatic carbocycles. The summed E-state index contributed by atoms with van der Waals surface area (Å²) in [6.07, 6.45) is 8.22. The monoisotopic (exact) mass is 352 g/mol. The highest BCUT2D eigenvalue weighted by molar-refractivity contribution is 7.80. The van der Waals surface area contributed by atoms with E-state index in [-0.39, 0.29) is 6.04 Å². The van der Waals surface area contributed by atoms with Crippen LogP contribution in [0.1, 0.15) is 24.0 Å². The number of thiocarbonyl (C=S) groups is 1. The van der Waals surface area contributed by atoms with Crippen LogP contribution in [0.4, 0.5) is 0 Å². The summed E-state index contributed by atoms with van der Waals surface area (Å²) in [5.41, 5.74) is 5.53. The van der Waals surface area contributed by atoms with Crippen molar-refractivity contribution < 1.29 is 0 Å². The third-order valence-corrected chi connectivity index (χ3v) is 6.35. The van der Waals surface area contributed by atoms with E-state index in [9.17, 15) is 0 Å². The van der Waals surface area contributed by atoms with E-state index < -0.39 is 0 Å². The Morgan fingerprint density at radius 3 is 2.96 bits per heavy atom. The van der Waals surface area contributed by atoms with Gasteiger partial charge >= 0.3 is 0 Å². The second kappa shape index (κ2) is 5.85. The Kier molecular flexibility index (Phi) is 3.61. The predicted molar refractivity (Wildman–Crippen MR) is 107 cm³/mol. The first kappa shape index (κ1) is 15.4. The fraction of sp³-hybridized carbons (Fsp3) is 0.450. The fourth-order valence-electron chi connectivity index (χ4n) is 4.71. The molecule has 25 heavy (non-hydrogen) atoms. The molecular formula is C20H24N4S. The van der Waals surface area contributed by atoms with Crippen molar-refractivity contribution >= 4 is 33.8 Å². The molecule has 2 atom stereocenters. The van der Waals surface area contributed by atoms with Crippen molar-refractivity contribution in [3.05, 3.63) is 41.6 Å². The van der Waals surface area contributed by atoms with E-state index in [0.717, 1.165) is 31.2 Å². The molecule has 0 unspecified atom stereocenters. The van der Waals surface area contributed by atoms with Gasteiger partial charge in [0.2, 0.25) is 0 Å². The van der Waals surface area contributed by atoms with E-state index in [4.69, 9.17) is 12.2 Å². The van der Waals surface area contributed by atoms with Gasteiger partial charge in [0.15, 0.2) is 5.11 Å². The van der Waals surface area contributed by atoms with Crippen LogP contribution in [0, 0.1) is 0 Å². The van der Waals surface area contributed by atoms with Gasteiger partial charge in [-0.1, -0.05) is 18.2 Å². The third kappa shape index (κ3) is 2.49. The second-order valence-electron chi connectivity index (χ2n) is 7.57. The number of fused-ring (bicyclic) bond motifs is 2. The van der Waals surface area contributed by atoms with E-state index in [1.807, 2.05) is 0 Å². The number of hydrogen-bond acceptors (Lipinski definition) is 2. The van der Waals surface area contributed by atoms with Gasteiger partial charge in [-0.2, -0.15) is 0 Å². The summed E-state index contributed by atoms with van der Waals surface area (Å²) in [5, 5.41) is 5.93. The van der Waals surface area contributed by atoms with Crippen molar-refractivity contribution in [1.29, 1.82) is 0 Å². The number of benzene rings is 1. The third-order valence-electron chi connectivity index (χ3n) is 5.97. The van der Waals surface area contributed by atoms with Crippen LogP contribution in [0.2, 0.25) is 0 Å². The summed E-state index contributed by atoms with van der Waals surface area (Å²) in [7, 11) is 2.24. The lowest BCUT2D eigenvalue weighted by Crippen LogP contribution is -2.52. The molecule has 5 rings (SSSR count). The predicted octanol–water partition coefficient (Wildman–Crippen LogP) is 2.76. The number of nitrogens with one attached hydrogen (secondary N) is 2. The van der Waals surface area contributed by atoms with Gasteiger partial charge in [0.05, 0.1) is 6.04 Å². The summed E-state index contributed by atoms with van der Waals surface area (Å²) in [6.45, 7) is 3.19. The van der Waals surface area contributed by atoms with Crippen LogP contribution < -0.4 is 5.32 Å². The minimum absolute atomic E-state index is 0.278. The minimum atomic E-state index is 0.278. The van der Waals surface area contributed by atoms with Gasteiger partial charge in [-0.25, -0.2) is 0 Å². The minimum Gasteiger partial charge on any atom is -0.361 e. The van der Waals surface area contributed by atoms with Gasteiger partial charge in [-0.15, -0.1) is 0 Å². The van der Waals surface area contributed by atoms with Crippen LogP contribution in [0.25, 0.3) is 16.5 Å². The molecule has 3 heterocycles. The molecule has 5 heteroatoms. The summed E-state index contributed by atoms with van der Waals surface area (Å²) >= 11 is 5.66. The van der Waals surface area contributed by atoms with Crippen LogP contribution in [-0.4, -0.2) is 58.7 Å². The summed E-state index contributed by atoms with van der Waals surface area (Å²) < 4.78 is 0. The number of likely N-dealkylation sites (N-methyl/N-ethyl adjacent to an activating group) is 1. The molecule has 0 bridgehead atoms. The Labute approximate surface area is 153 Å². The summed E-state index contributed by atoms with van der Waals surface area (Å²) in [6, 6.07) is 7.35. The normalized spacial score (nSPS) is 25.8. The quantitative estimate of drug-likeness (QED) is 0.774. The van der Waals surface area contributed by atoms with Crippen molar-refractivity contribution in [2.45, 2.75) is 31.3 Å². The molecule has 1 fully saturated rings. The van der Waals surface area contributed by atoms with Crippen LogP contribution in [0.15, 0.2) is 30.5 Å². The van der Waals surface area contributed by atoms with E-state index in [2.05, 4.69) is 57.6 Å². The van der Waals surface area contributed by atoms with Crippen molar-refractivity contribution in [1.82, 2.24) is 20.1 Å². The Bertz CT molecular complexity index is 862. The number of likely N-dealkylation sites (tertiary alicyclic amines) is 1. The Balaban J connectivity index is 1.49. The molecule has 1 aromatic heterocycles. The van der Waals surface area contributed by atoms with Crippen LogP contribution in [-0.2, 0) is 6.42 Å². The first-order valence-electron chi connectivity index (χ1n) is 9.27. The maximum atomic E-state index is 5.66. The van der Waals surface area contributed by atoms with Crippen molar-refractivity contribution in [3.63, 3.8) is 0 Å². The van der Waals surface area contributed by atoms with Crippen LogP contribution in [0.3, 0.4) is 0 Å². The average Bonchev–Trinajstić information content (AvgIpc) is 3.27. The number of hydrogen-bond donors (Lipinski definition) is 2. The Morgan fingerprint density at radius 1 is 1.28 bits per heavy atom. The molecule has 4 nitrogen and oxygen atoms in total. The molecule has 0 spiro atoms. The molecule has 2 aliphatic heterocycles. The number of aromatic amines is 1. The summed E-state index contributed by atoms with van der Waals surface area (Å²) in [5.74, 6) is 0. The zero-order valence-electron chi connectivity index (χ0n) is 14.6. The Hall–Kier alpha value is -1.85. The molecule has 2 aromatic rings. The van der Waals surface area contributed by atoms with E-state index in [1.54, 1.807) is 0 Å². The smallest absolute Gasteiger partial charge is 0.169 e. The highest BCUT2D eigenvalue weighted by atomic mass is 32.1. The molecule has 2 N–H and O–H groups in total. The van der Waals surface area contributed by atoms with Crippen LogP contribution in [0.5, 0.6) is 0 Å². The topological polar surface area (TPSA) is 34.3 Å². The zero-order chi connectivity index (χ0) is 17.0. The fourth-order valence-corrected chi connectivity index (χ4v) is 5.05. The summed E-state index contributed by atoms with van der Waals surface area (Å²) in [4.78, 5) is 8.23. The van der Waals surface area contributed by atoms with Crippen molar-refractivity contribution in [2.24, 2.45) is 0 Å². The average molecular weight is 353 g/mol. The first-order valence-corrected chi connectivity index (χ1v) is 9.68. The first-order chi connectivity index (χ1) is 12.2. The van der Waals surface area contributed by atoms with Crippen LogP contribution >= 0.6 is 12.2 Å². The lowest BCUT2D eigenvalue weighted by Gasteiger charge is -2.40. The van der Waals surface area contributed by atoms with Gasteiger partial charge in [-0.3, -0.25) is 4.90 Å². The largest absolute Gasteiger partial charge is 0.361 e. The maximum Gasteiger partial charge on any atom is 0.169 e. The number of H-pyrrole nitrogens is 1. The Morgan fingerprint density at radius 2 is 2.12 bits per heavy atom. The molecule has 0 radical (unpaired) electrons.